The number of rotatable bonds is 3. The molecule has 2 aromatic carbocycles. The third kappa shape index (κ3) is 3.69. The number of pyridine rings is 1. The summed E-state index contributed by atoms with van der Waals surface area (Å²) in [7, 11) is 0. The second-order valence-corrected chi connectivity index (χ2v) is 6.99. The molecule has 3 aromatic rings. The number of hydrogen-bond acceptors (Lipinski definition) is 3. The number of nitrogens with one attached hydrogen (secondary N) is 1. The normalized spacial score (nSPS) is 17.3. The van der Waals surface area contributed by atoms with E-state index >= 15 is 0 Å². The van der Waals surface area contributed by atoms with Crippen molar-refractivity contribution in [3.05, 3.63) is 76.9 Å². The second-order valence-electron chi connectivity index (χ2n) is 6.55. The molecular formula is C21H22ClN3. The first-order valence-corrected chi connectivity index (χ1v) is 9.24. The molecule has 1 aliphatic rings. The Balaban J connectivity index is 1.78. The highest BCUT2D eigenvalue weighted by molar-refractivity contribution is 6.30. The lowest BCUT2D eigenvalue weighted by Gasteiger charge is -2.31. The molecule has 0 spiro atoms. The predicted molar refractivity (Wildman–Crippen MR) is 104 cm³/mol. The summed E-state index contributed by atoms with van der Waals surface area (Å²) in [5.74, 6) is 0. The molecule has 1 aromatic heterocycles. The highest BCUT2D eigenvalue weighted by Crippen LogP contribution is 2.31. The van der Waals surface area contributed by atoms with E-state index in [1.807, 2.05) is 24.4 Å². The van der Waals surface area contributed by atoms with Gasteiger partial charge in [0.05, 0.1) is 11.6 Å². The smallest absolute Gasteiger partial charge is 0.0702 e. The van der Waals surface area contributed by atoms with Crippen molar-refractivity contribution in [2.24, 2.45) is 0 Å². The van der Waals surface area contributed by atoms with Gasteiger partial charge < -0.3 is 5.32 Å². The number of aromatic nitrogens is 1. The zero-order valence-corrected chi connectivity index (χ0v) is 14.9. The number of hydrogen-bond donors (Lipinski definition) is 1. The molecule has 4 heteroatoms. The van der Waals surface area contributed by atoms with Gasteiger partial charge in [-0.05, 0) is 48.4 Å². The summed E-state index contributed by atoms with van der Waals surface area (Å²) in [6.45, 7) is 4.21. The van der Waals surface area contributed by atoms with Crippen LogP contribution in [0, 0.1) is 0 Å². The number of halogens is 1. The van der Waals surface area contributed by atoms with Crippen LogP contribution in [0.2, 0.25) is 5.02 Å². The van der Waals surface area contributed by atoms with Crippen molar-refractivity contribution in [1.29, 1.82) is 0 Å². The van der Waals surface area contributed by atoms with Crippen LogP contribution in [0.4, 0.5) is 0 Å². The first-order valence-electron chi connectivity index (χ1n) is 8.86. The molecule has 1 fully saturated rings. The van der Waals surface area contributed by atoms with Gasteiger partial charge in [-0.2, -0.15) is 0 Å². The Morgan fingerprint density at radius 1 is 0.960 bits per heavy atom. The maximum atomic E-state index is 6.12. The minimum atomic E-state index is 0.203. The van der Waals surface area contributed by atoms with Gasteiger partial charge in [-0.15, -0.1) is 0 Å². The van der Waals surface area contributed by atoms with E-state index in [-0.39, 0.29) is 6.04 Å². The minimum Gasteiger partial charge on any atom is -0.315 e. The molecule has 4 rings (SSSR count). The van der Waals surface area contributed by atoms with E-state index in [1.54, 1.807) is 0 Å². The minimum absolute atomic E-state index is 0.203. The average Bonchev–Trinajstić information content (AvgIpc) is 2.93. The highest BCUT2D eigenvalue weighted by Gasteiger charge is 2.23. The van der Waals surface area contributed by atoms with E-state index in [0.717, 1.165) is 43.1 Å². The van der Waals surface area contributed by atoms with E-state index in [2.05, 4.69) is 46.6 Å². The fourth-order valence-corrected chi connectivity index (χ4v) is 3.75. The largest absolute Gasteiger partial charge is 0.315 e. The standard InChI is InChI=1S/C21H22ClN3/c22-19-8-6-16(7-9-19)21(25-12-3-10-23-11-13-25)18-14-17-4-1-2-5-20(17)24-15-18/h1-2,4-9,14-15,21,23H,3,10-13H2. The maximum Gasteiger partial charge on any atom is 0.0702 e. The van der Waals surface area contributed by atoms with Crippen LogP contribution in [0.3, 0.4) is 0 Å². The molecule has 128 valence electrons. The highest BCUT2D eigenvalue weighted by atomic mass is 35.5. The lowest BCUT2D eigenvalue weighted by molar-refractivity contribution is 0.241. The SMILES string of the molecule is Clc1ccc(C(c2cnc3ccccc3c2)N2CCCNCC2)cc1. The molecule has 0 radical (unpaired) electrons. The van der Waals surface area contributed by atoms with Crippen LogP contribution in [-0.2, 0) is 0 Å². The van der Waals surface area contributed by atoms with Gasteiger partial charge in [0.15, 0.2) is 0 Å². The van der Waals surface area contributed by atoms with Crippen molar-refractivity contribution < 1.29 is 0 Å². The predicted octanol–water partition coefficient (Wildman–Crippen LogP) is 4.27. The van der Waals surface area contributed by atoms with Crippen LogP contribution in [0.15, 0.2) is 60.8 Å². The molecule has 2 heterocycles. The van der Waals surface area contributed by atoms with Crippen molar-refractivity contribution in [1.82, 2.24) is 15.2 Å². The monoisotopic (exact) mass is 351 g/mol. The molecular weight excluding hydrogens is 330 g/mol. The molecule has 1 saturated heterocycles. The molecule has 1 atom stereocenters. The van der Waals surface area contributed by atoms with Crippen LogP contribution in [0.5, 0.6) is 0 Å². The van der Waals surface area contributed by atoms with E-state index in [9.17, 15) is 0 Å². The van der Waals surface area contributed by atoms with Gasteiger partial charge >= 0.3 is 0 Å². The Labute approximate surface area is 153 Å². The van der Waals surface area contributed by atoms with Crippen LogP contribution in [-0.4, -0.2) is 36.1 Å². The van der Waals surface area contributed by atoms with Crippen LogP contribution in [0.25, 0.3) is 10.9 Å². The molecule has 1 aliphatic heterocycles. The van der Waals surface area contributed by atoms with Crippen LogP contribution in [0.1, 0.15) is 23.6 Å². The lowest BCUT2D eigenvalue weighted by Crippen LogP contribution is -2.33. The van der Waals surface area contributed by atoms with Crippen molar-refractivity contribution in [2.75, 3.05) is 26.2 Å². The number of fused-ring (bicyclic) bond motifs is 1. The zero-order valence-electron chi connectivity index (χ0n) is 14.2. The summed E-state index contributed by atoms with van der Waals surface area (Å²) in [5, 5.41) is 5.46. The molecule has 1 N–H and O–H groups in total. The van der Waals surface area contributed by atoms with E-state index in [0.29, 0.717) is 0 Å². The first kappa shape index (κ1) is 16.5. The number of para-hydroxylation sites is 1. The van der Waals surface area contributed by atoms with E-state index in [1.165, 1.54) is 16.5 Å². The fraction of sp³-hybridized carbons (Fsp3) is 0.286. The number of benzene rings is 2. The maximum absolute atomic E-state index is 6.12. The molecule has 1 unspecified atom stereocenters. The molecule has 0 amide bonds. The van der Waals surface area contributed by atoms with Crippen LogP contribution >= 0.6 is 11.6 Å². The molecule has 25 heavy (non-hydrogen) atoms. The van der Waals surface area contributed by atoms with Crippen molar-refractivity contribution >= 4 is 22.5 Å². The average molecular weight is 352 g/mol. The summed E-state index contributed by atoms with van der Waals surface area (Å²) < 4.78 is 0. The van der Waals surface area contributed by atoms with Gasteiger partial charge in [-0.1, -0.05) is 41.9 Å². The summed E-state index contributed by atoms with van der Waals surface area (Å²) in [6, 6.07) is 19.0. The van der Waals surface area contributed by atoms with Crippen molar-refractivity contribution in [3.8, 4) is 0 Å². The van der Waals surface area contributed by atoms with Gasteiger partial charge in [0.1, 0.15) is 0 Å². The van der Waals surface area contributed by atoms with Gasteiger partial charge in [0.25, 0.3) is 0 Å². The lowest BCUT2D eigenvalue weighted by atomic mass is 9.97. The zero-order chi connectivity index (χ0) is 17.1. The van der Waals surface area contributed by atoms with E-state index in [4.69, 9.17) is 16.6 Å². The Bertz CT molecular complexity index is 839. The van der Waals surface area contributed by atoms with Crippen LogP contribution < -0.4 is 5.32 Å². The van der Waals surface area contributed by atoms with Gasteiger partial charge in [-0.25, -0.2) is 0 Å². The summed E-state index contributed by atoms with van der Waals surface area (Å²) >= 11 is 6.12. The number of nitrogens with zero attached hydrogens (tertiary/aromatic N) is 2. The van der Waals surface area contributed by atoms with Gasteiger partial charge in [0.2, 0.25) is 0 Å². The Kier molecular flexibility index (Phi) is 4.97. The van der Waals surface area contributed by atoms with E-state index < -0.39 is 0 Å². The Morgan fingerprint density at radius 3 is 2.68 bits per heavy atom. The third-order valence-electron chi connectivity index (χ3n) is 4.85. The fourth-order valence-electron chi connectivity index (χ4n) is 3.62. The summed E-state index contributed by atoms with van der Waals surface area (Å²) in [5.41, 5.74) is 3.55. The van der Waals surface area contributed by atoms with Gasteiger partial charge in [-0.3, -0.25) is 9.88 Å². The summed E-state index contributed by atoms with van der Waals surface area (Å²) in [6.07, 6.45) is 3.19. The summed E-state index contributed by atoms with van der Waals surface area (Å²) in [4.78, 5) is 7.25. The van der Waals surface area contributed by atoms with Gasteiger partial charge in [0, 0.05) is 36.2 Å². The molecule has 3 nitrogen and oxygen atoms in total. The molecule has 0 aliphatic carbocycles. The third-order valence-corrected chi connectivity index (χ3v) is 5.10. The Hall–Kier alpha value is -1.94. The molecule has 0 saturated carbocycles. The van der Waals surface area contributed by atoms with Crippen molar-refractivity contribution in [3.63, 3.8) is 0 Å². The van der Waals surface area contributed by atoms with Crippen molar-refractivity contribution in [2.45, 2.75) is 12.5 Å². The quantitative estimate of drug-likeness (QED) is 0.763. The topological polar surface area (TPSA) is 28.2 Å². The molecule has 0 bridgehead atoms. The first-order chi connectivity index (χ1) is 12.3. The second kappa shape index (κ2) is 7.52. The Morgan fingerprint density at radius 2 is 1.80 bits per heavy atom.